The standard InChI is InChI=1S/C11H14N2O/c1-13-7-3-4-9-5-6-10(12)11(8-9)14-2/h5-6,8,13H,7,12H2,1-2H3. The van der Waals surface area contributed by atoms with Gasteiger partial charge in [0.25, 0.3) is 0 Å². The highest BCUT2D eigenvalue weighted by atomic mass is 16.5. The van der Waals surface area contributed by atoms with Gasteiger partial charge in [-0.05, 0) is 25.2 Å². The van der Waals surface area contributed by atoms with Crippen molar-refractivity contribution in [2.75, 3.05) is 26.4 Å². The fraction of sp³-hybridized carbons (Fsp3) is 0.273. The monoisotopic (exact) mass is 190 g/mol. The lowest BCUT2D eigenvalue weighted by atomic mass is 10.2. The molecule has 1 aromatic carbocycles. The van der Waals surface area contributed by atoms with Crippen molar-refractivity contribution >= 4 is 5.69 Å². The Labute approximate surface area is 84.3 Å². The summed E-state index contributed by atoms with van der Waals surface area (Å²) >= 11 is 0. The molecular weight excluding hydrogens is 176 g/mol. The molecule has 0 bridgehead atoms. The lowest BCUT2D eigenvalue weighted by Gasteiger charge is -2.03. The van der Waals surface area contributed by atoms with Crippen molar-refractivity contribution in [2.24, 2.45) is 0 Å². The van der Waals surface area contributed by atoms with Crippen LogP contribution in [0.3, 0.4) is 0 Å². The molecule has 0 unspecified atom stereocenters. The summed E-state index contributed by atoms with van der Waals surface area (Å²) in [5, 5.41) is 2.95. The number of ether oxygens (including phenoxy) is 1. The van der Waals surface area contributed by atoms with Crippen LogP contribution < -0.4 is 15.8 Å². The molecule has 0 fully saturated rings. The zero-order valence-electron chi connectivity index (χ0n) is 8.42. The molecule has 0 aromatic heterocycles. The number of nitrogens with two attached hydrogens (primary N) is 1. The van der Waals surface area contributed by atoms with Crippen LogP contribution in [0.4, 0.5) is 5.69 Å². The first-order chi connectivity index (χ1) is 6.77. The smallest absolute Gasteiger partial charge is 0.142 e. The molecule has 0 heterocycles. The fourth-order valence-electron chi connectivity index (χ4n) is 1.02. The predicted octanol–water partition coefficient (Wildman–Crippen LogP) is 0.848. The first-order valence-electron chi connectivity index (χ1n) is 4.35. The van der Waals surface area contributed by atoms with Crippen LogP contribution >= 0.6 is 0 Å². The molecule has 0 aliphatic rings. The molecule has 3 N–H and O–H groups in total. The molecule has 0 aliphatic carbocycles. The zero-order chi connectivity index (χ0) is 10.4. The van der Waals surface area contributed by atoms with Crippen molar-refractivity contribution in [3.05, 3.63) is 23.8 Å². The quantitative estimate of drug-likeness (QED) is 0.537. The van der Waals surface area contributed by atoms with Gasteiger partial charge in [0.1, 0.15) is 5.75 Å². The first kappa shape index (κ1) is 10.4. The molecule has 0 spiro atoms. The molecule has 74 valence electrons. The molecule has 14 heavy (non-hydrogen) atoms. The molecule has 0 saturated heterocycles. The maximum atomic E-state index is 5.67. The van der Waals surface area contributed by atoms with E-state index in [1.165, 1.54) is 0 Å². The number of hydrogen-bond donors (Lipinski definition) is 2. The molecular formula is C11H14N2O. The number of anilines is 1. The minimum atomic E-state index is 0.631. The third-order valence-electron chi connectivity index (χ3n) is 1.73. The summed E-state index contributed by atoms with van der Waals surface area (Å²) in [6.07, 6.45) is 0. The third kappa shape index (κ3) is 2.68. The van der Waals surface area contributed by atoms with E-state index in [1.54, 1.807) is 13.2 Å². The van der Waals surface area contributed by atoms with Crippen molar-refractivity contribution in [3.8, 4) is 17.6 Å². The second kappa shape index (κ2) is 5.15. The lowest BCUT2D eigenvalue weighted by Crippen LogP contribution is -2.04. The van der Waals surface area contributed by atoms with E-state index in [0.29, 0.717) is 18.0 Å². The second-order valence-electron chi connectivity index (χ2n) is 2.79. The van der Waals surface area contributed by atoms with E-state index in [0.717, 1.165) is 5.56 Å². The molecule has 0 atom stereocenters. The average Bonchev–Trinajstić information content (AvgIpc) is 2.21. The summed E-state index contributed by atoms with van der Waals surface area (Å²) in [7, 11) is 3.45. The predicted molar refractivity (Wildman–Crippen MR) is 58.2 cm³/mol. The van der Waals surface area contributed by atoms with Gasteiger partial charge < -0.3 is 15.8 Å². The highest BCUT2D eigenvalue weighted by Gasteiger charge is 1.97. The van der Waals surface area contributed by atoms with Crippen molar-refractivity contribution in [3.63, 3.8) is 0 Å². The Morgan fingerprint density at radius 2 is 2.29 bits per heavy atom. The van der Waals surface area contributed by atoms with Gasteiger partial charge in [-0.15, -0.1) is 0 Å². The van der Waals surface area contributed by atoms with E-state index in [4.69, 9.17) is 10.5 Å². The van der Waals surface area contributed by atoms with E-state index in [9.17, 15) is 0 Å². The Hall–Kier alpha value is -1.66. The number of methoxy groups -OCH3 is 1. The van der Waals surface area contributed by atoms with E-state index in [1.807, 2.05) is 19.2 Å². The summed E-state index contributed by atoms with van der Waals surface area (Å²) in [5.41, 5.74) is 7.21. The molecule has 3 nitrogen and oxygen atoms in total. The topological polar surface area (TPSA) is 47.3 Å². The van der Waals surface area contributed by atoms with Gasteiger partial charge in [-0.2, -0.15) is 0 Å². The van der Waals surface area contributed by atoms with Crippen LogP contribution in [0.15, 0.2) is 18.2 Å². The molecule has 3 heteroatoms. The number of nitrogens with one attached hydrogen (secondary N) is 1. The lowest BCUT2D eigenvalue weighted by molar-refractivity contribution is 0.417. The second-order valence-corrected chi connectivity index (χ2v) is 2.79. The van der Waals surface area contributed by atoms with Crippen molar-refractivity contribution in [1.29, 1.82) is 0 Å². The Morgan fingerprint density at radius 3 is 2.93 bits per heavy atom. The number of rotatable bonds is 2. The van der Waals surface area contributed by atoms with E-state index < -0.39 is 0 Å². The summed E-state index contributed by atoms with van der Waals surface area (Å²) < 4.78 is 5.08. The van der Waals surface area contributed by atoms with Gasteiger partial charge in [0.05, 0.1) is 19.3 Å². The molecule has 0 radical (unpaired) electrons. The summed E-state index contributed by atoms with van der Waals surface area (Å²) in [5.74, 6) is 6.63. The van der Waals surface area contributed by atoms with Crippen LogP contribution in [-0.4, -0.2) is 20.7 Å². The van der Waals surface area contributed by atoms with Crippen LogP contribution in [-0.2, 0) is 0 Å². The van der Waals surface area contributed by atoms with E-state index >= 15 is 0 Å². The minimum Gasteiger partial charge on any atom is -0.495 e. The summed E-state index contributed by atoms with van der Waals surface area (Å²) in [6, 6.07) is 5.50. The van der Waals surface area contributed by atoms with Crippen molar-refractivity contribution in [1.82, 2.24) is 5.32 Å². The third-order valence-corrected chi connectivity index (χ3v) is 1.73. The van der Waals surface area contributed by atoms with Crippen LogP contribution in [0, 0.1) is 11.8 Å². The van der Waals surface area contributed by atoms with Gasteiger partial charge in [0.2, 0.25) is 0 Å². The van der Waals surface area contributed by atoms with E-state index in [-0.39, 0.29) is 0 Å². The highest BCUT2D eigenvalue weighted by Crippen LogP contribution is 2.21. The average molecular weight is 190 g/mol. The summed E-state index contributed by atoms with van der Waals surface area (Å²) in [4.78, 5) is 0. The highest BCUT2D eigenvalue weighted by molar-refractivity contribution is 5.56. The Balaban J connectivity index is 2.86. The van der Waals surface area contributed by atoms with Crippen LogP contribution in [0.1, 0.15) is 5.56 Å². The Bertz CT molecular complexity index is 363. The van der Waals surface area contributed by atoms with Gasteiger partial charge in [0.15, 0.2) is 0 Å². The number of benzene rings is 1. The number of nitrogen functional groups attached to an aromatic ring is 1. The molecule has 0 amide bonds. The van der Waals surface area contributed by atoms with E-state index in [2.05, 4.69) is 17.2 Å². The Kier molecular flexibility index (Phi) is 3.84. The van der Waals surface area contributed by atoms with Gasteiger partial charge in [-0.25, -0.2) is 0 Å². The van der Waals surface area contributed by atoms with Gasteiger partial charge in [-0.3, -0.25) is 0 Å². The molecule has 1 aromatic rings. The normalized spacial score (nSPS) is 9.00. The minimum absolute atomic E-state index is 0.631. The largest absolute Gasteiger partial charge is 0.495 e. The van der Waals surface area contributed by atoms with Crippen molar-refractivity contribution in [2.45, 2.75) is 0 Å². The van der Waals surface area contributed by atoms with Crippen LogP contribution in [0.5, 0.6) is 5.75 Å². The maximum Gasteiger partial charge on any atom is 0.142 e. The molecule has 0 aliphatic heterocycles. The zero-order valence-corrected chi connectivity index (χ0v) is 8.42. The van der Waals surface area contributed by atoms with Crippen LogP contribution in [0.2, 0.25) is 0 Å². The molecule has 0 saturated carbocycles. The first-order valence-corrected chi connectivity index (χ1v) is 4.35. The summed E-state index contributed by atoms with van der Waals surface area (Å²) in [6.45, 7) is 0.673. The van der Waals surface area contributed by atoms with Crippen molar-refractivity contribution < 1.29 is 4.74 Å². The van der Waals surface area contributed by atoms with Crippen LogP contribution in [0.25, 0.3) is 0 Å². The fourth-order valence-corrected chi connectivity index (χ4v) is 1.02. The SMILES string of the molecule is CNCC#Cc1ccc(N)c(OC)c1. The Morgan fingerprint density at radius 1 is 1.50 bits per heavy atom. The van der Waals surface area contributed by atoms with Gasteiger partial charge in [-0.1, -0.05) is 11.8 Å². The molecule has 1 rings (SSSR count). The number of hydrogen-bond acceptors (Lipinski definition) is 3. The van der Waals surface area contributed by atoms with Gasteiger partial charge >= 0.3 is 0 Å². The maximum absolute atomic E-state index is 5.67. The van der Waals surface area contributed by atoms with Gasteiger partial charge in [0, 0.05) is 5.56 Å².